The van der Waals surface area contributed by atoms with Crippen LogP contribution in [0.2, 0.25) is 0 Å². The van der Waals surface area contributed by atoms with Crippen molar-refractivity contribution in [3.05, 3.63) is 42.1 Å². The topological polar surface area (TPSA) is 47.0 Å². The lowest BCUT2D eigenvalue weighted by Crippen LogP contribution is -2.10. The van der Waals surface area contributed by atoms with E-state index < -0.39 is 9.84 Å². The molecule has 1 unspecified atom stereocenters. The van der Waals surface area contributed by atoms with Crippen molar-refractivity contribution < 1.29 is 8.42 Å². The lowest BCUT2D eigenvalue weighted by atomic mass is 10.1. The van der Waals surface area contributed by atoms with E-state index in [1.54, 1.807) is 11.8 Å². The smallest absolute Gasteiger partial charge is 0.148 e. The number of hydrogen-bond donors (Lipinski definition) is 0. The highest BCUT2D eigenvalue weighted by Gasteiger charge is 2.08. The van der Waals surface area contributed by atoms with Crippen molar-refractivity contribution in [1.82, 2.24) is 4.98 Å². The molecule has 0 aliphatic heterocycles. The lowest BCUT2D eigenvalue weighted by molar-refractivity contribution is 0.603. The fourth-order valence-electron chi connectivity index (χ4n) is 1.98. The van der Waals surface area contributed by atoms with Crippen molar-refractivity contribution in [3.8, 4) is 0 Å². The van der Waals surface area contributed by atoms with Crippen LogP contribution >= 0.6 is 11.8 Å². The van der Waals surface area contributed by atoms with Gasteiger partial charge >= 0.3 is 0 Å². The van der Waals surface area contributed by atoms with Crippen LogP contribution in [0.25, 0.3) is 10.9 Å². The fraction of sp³-hybridized carbons (Fsp3) is 0.400. The van der Waals surface area contributed by atoms with E-state index in [1.165, 1.54) is 6.26 Å². The summed E-state index contributed by atoms with van der Waals surface area (Å²) in [4.78, 5) is 4.64. The molecular weight excluding hydrogens is 290 g/mol. The Balaban J connectivity index is 1.94. The Morgan fingerprint density at radius 1 is 1.20 bits per heavy atom. The lowest BCUT2D eigenvalue weighted by Gasteiger charge is -2.10. The van der Waals surface area contributed by atoms with Crippen molar-refractivity contribution in [2.75, 3.05) is 17.8 Å². The van der Waals surface area contributed by atoms with Gasteiger partial charge in [-0.1, -0.05) is 31.2 Å². The molecule has 2 rings (SSSR count). The minimum atomic E-state index is -2.86. The summed E-state index contributed by atoms with van der Waals surface area (Å²) in [6, 6.07) is 12.2. The molecule has 0 spiro atoms. The normalized spacial score (nSPS) is 13.5. The third-order valence-corrected chi connectivity index (χ3v) is 5.39. The van der Waals surface area contributed by atoms with Crippen molar-refractivity contribution in [3.63, 3.8) is 0 Å². The van der Waals surface area contributed by atoms with E-state index >= 15 is 0 Å². The van der Waals surface area contributed by atoms with E-state index in [2.05, 4.69) is 30.1 Å². The molecule has 0 amide bonds. The van der Waals surface area contributed by atoms with Crippen molar-refractivity contribution in [2.24, 2.45) is 0 Å². The Bertz CT molecular complexity index is 683. The summed E-state index contributed by atoms with van der Waals surface area (Å²) in [7, 11) is -2.86. The standard InChI is InChI=1S/C15H19NO2S2/c1-12(19-9-10-20(2,17)18)11-14-8-7-13-5-3-4-6-15(13)16-14/h3-8,12H,9-11H2,1-2H3. The molecule has 1 aromatic heterocycles. The van der Waals surface area contributed by atoms with Crippen LogP contribution in [-0.2, 0) is 16.3 Å². The molecule has 108 valence electrons. The molecule has 1 heterocycles. The number of aromatic nitrogens is 1. The van der Waals surface area contributed by atoms with Gasteiger partial charge in [-0.15, -0.1) is 0 Å². The first kappa shape index (κ1) is 15.3. The second-order valence-electron chi connectivity index (χ2n) is 5.01. The Labute approximate surface area is 124 Å². The predicted molar refractivity (Wildman–Crippen MR) is 87.1 cm³/mol. The summed E-state index contributed by atoms with van der Waals surface area (Å²) in [6.45, 7) is 2.11. The number of para-hydroxylation sites is 1. The van der Waals surface area contributed by atoms with Crippen LogP contribution in [0.4, 0.5) is 0 Å². The number of nitrogens with zero attached hydrogens (tertiary/aromatic N) is 1. The minimum Gasteiger partial charge on any atom is -0.253 e. The number of sulfone groups is 1. The van der Waals surface area contributed by atoms with Gasteiger partial charge in [-0.05, 0) is 12.1 Å². The van der Waals surface area contributed by atoms with Gasteiger partial charge in [-0.2, -0.15) is 11.8 Å². The highest BCUT2D eigenvalue weighted by Crippen LogP contribution is 2.18. The van der Waals surface area contributed by atoms with Gasteiger partial charge in [-0.3, -0.25) is 4.98 Å². The average molecular weight is 309 g/mol. The highest BCUT2D eigenvalue weighted by molar-refractivity contribution is 8.01. The second kappa shape index (κ2) is 6.59. The van der Waals surface area contributed by atoms with Gasteiger partial charge in [0.2, 0.25) is 0 Å². The summed E-state index contributed by atoms with van der Waals surface area (Å²) in [5, 5.41) is 1.51. The van der Waals surface area contributed by atoms with Crippen molar-refractivity contribution in [2.45, 2.75) is 18.6 Å². The number of rotatable bonds is 6. The zero-order valence-corrected chi connectivity index (χ0v) is 13.4. The molecule has 0 bridgehead atoms. The molecule has 0 N–H and O–H groups in total. The van der Waals surface area contributed by atoms with Gasteiger partial charge in [0.05, 0.1) is 11.3 Å². The zero-order chi connectivity index (χ0) is 14.6. The zero-order valence-electron chi connectivity index (χ0n) is 11.7. The molecule has 5 heteroatoms. The van der Waals surface area contributed by atoms with Crippen LogP contribution in [0.15, 0.2) is 36.4 Å². The molecule has 0 aliphatic carbocycles. The number of benzene rings is 1. The molecule has 0 saturated carbocycles. The second-order valence-corrected chi connectivity index (χ2v) is 8.82. The molecule has 0 fully saturated rings. The van der Waals surface area contributed by atoms with Crippen LogP contribution in [-0.4, -0.2) is 36.4 Å². The number of thioether (sulfide) groups is 1. The SMILES string of the molecule is CC(Cc1ccc2ccccc2n1)SCCS(C)(=O)=O. The summed E-state index contributed by atoms with van der Waals surface area (Å²) in [5.41, 5.74) is 2.07. The Morgan fingerprint density at radius 2 is 1.95 bits per heavy atom. The van der Waals surface area contributed by atoms with Crippen LogP contribution < -0.4 is 0 Å². The van der Waals surface area contributed by atoms with E-state index in [1.807, 2.05) is 18.2 Å². The first-order chi connectivity index (χ1) is 9.44. The summed E-state index contributed by atoms with van der Waals surface area (Å²) in [6.07, 6.45) is 2.14. The Hall–Kier alpha value is -1.07. The molecule has 0 aliphatic rings. The molecule has 1 atom stereocenters. The summed E-state index contributed by atoms with van der Waals surface area (Å²) in [5.74, 6) is 0.890. The van der Waals surface area contributed by atoms with E-state index in [-0.39, 0.29) is 5.75 Å². The predicted octanol–water partition coefficient (Wildman–Crippen LogP) is 2.94. The van der Waals surface area contributed by atoms with Crippen LogP contribution in [0.3, 0.4) is 0 Å². The van der Waals surface area contributed by atoms with E-state index in [0.717, 1.165) is 23.0 Å². The van der Waals surface area contributed by atoms with Gasteiger partial charge in [-0.25, -0.2) is 8.42 Å². The number of fused-ring (bicyclic) bond motifs is 1. The molecular formula is C15H19NO2S2. The Morgan fingerprint density at radius 3 is 2.70 bits per heavy atom. The largest absolute Gasteiger partial charge is 0.253 e. The third kappa shape index (κ3) is 4.80. The molecule has 3 nitrogen and oxygen atoms in total. The Kier molecular flexibility index (Phi) is 5.05. The summed E-state index contributed by atoms with van der Waals surface area (Å²) < 4.78 is 22.2. The van der Waals surface area contributed by atoms with E-state index in [0.29, 0.717) is 11.0 Å². The maximum absolute atomic E-state index is 11.1. The van der Waals surface area contributed by atoms with Gasteiger partial charge in [0, 0.05) is 34.8 Å². The van der Waals surface area contributed by atoms with Crippen molar-refractivity contribution in [1.29, 1.82) is 0 Å². The first-order valence-corrected chi connectivity index (χ1v) is 9.69. The third-order valence-electron chi connectivity index (χ3n) is 3.01. The fourth-order valence-corrected chi connectivity index (χ4v) is 4.26. The summed E-state index contributed by atoms with van der Waals surface area (Å²) >= 11 is 1.68. The molecule has 1 aromatic carbocycles. The average Bonchev–Trinajstić information content (AvgIpc) is 2.37. The van der Waals surface area contributed by atoms with Crippen LogP contribution in [0.1, 0.15) is 12.6 Å². The monoisotopic (exact) mass is 309 g/mol. The molecule has 2 aromatic rings. The van der Waals surface area contributed by atoms with Crippen LogP contribution in [0.5, 0.6) is 0 Å². The maximum atomic E-state index is 11.1. The van der Waals surface area contributed by atoms with Gasteiger partial charge in [0.15, 0.2) is 0 Å². The first-order valence-electron chi connectivity index (χ1n) is 6.58. The molecule has 0 saturated heterocycles. The number of hydrogen-bond acceptors (Lipinski definition) is 4. The highest BCUT2D eigenvalue weighted by atomic mass is 32.2. The quantitative estimate of drug-likeness (QED) is 0.823. The van der Waals surface area contributed by atoms with E-state index in [4.69, 9.17) is 0 Å². The van der Waals surface area contributed by atoms with Gasteiger partial charge in [0.1, 0.15) is 9.84 Å². The molecule has 0 radical (unpaired) electrons. The minimum absolute atomic E-state index is 0.243. The van der Waals surface area contributed by atoms with Gasteiger partial charge < -0.3 is 0 Å². The van der Waals surface area contributed by atoms with Gasteiger partial charge in [0.25, 0.3) is 0 Å². The molecule has 20 heavy (non-hydrogen) atoms. The number of pyridine rings is 1. The maximum Gasteiger partial charge on any atom is 0.148 e. The van der Waals surface area contributed by atoms with Crippen LogP contribution in [0, 0.1) is 0 Å². The van der Waals surface area contributed by atoms with Crippen molar-refractivity contribution >= 4 is 32.5 Å². The van der Waals surface area contributed by atoms with E-state index in [9.17, 15) is 8.42 Å².